The maximum Gasteiger partial charge on any atom is 0.262 e. The Morgan fingerprint density at radius 2 is 1.75 bits per heavy atom. The number of fused-ring (bicyclic) bond motifs is 1. The molecule has 0 bridgehead atoms. The van der Waals surface area contributed by atoms with Crippen LogP contribution in [0.5, 0.6) is 11.5 Å². The second-order valence-corrected chi connectivity index (χ2v) is 8.74. The highest BCUT2D eigenvalue weighted by Gasteiger charge is 2.18. The van der Waals surface area contributed by atoms with Gasteiger partial charge in [-0.25, -0.2) is 8.42 Å². The fraction of sp³-hybridized carbons (Fsp3) is 0.250. The van der Waals surface area contributed by atoms with Gasteiger partial charge in [-0.2, -0.15) is 4.57 Å². The van der Waals surface area contributed by atoms with Crippen LogP contribution in [-0.4, -0.2) is 32.9 Å². The molecule has 0 saturated carbocycles. The van der Waals surface area contributed by atoms with Crippen LogP contribution >= 0.6 is 11.3 Å². The van der Waals surface area contributed by atoms with Crippen molar-refractivity contribution in [2.24, 2.45) is 0 Å². The zero-order valence-electron chi connectivity index (χ0n) is 15.6. The van der Waals surface area contributed by atoms with Gasteiger partial charge in [-0.1, -0.05) is 23.5 Å². The van der Waals surface area contributed by atoms with Crippen LogP contribution in [-0.2, 0) is 16.7 Å². The largest absolute Gasteiger partial charge is 0.748 e. The first-order chi connectivity index (χ1) is 13.4. The van der Waals surface area contributed by atoms with Gasteiger partial charge in [-0.05, 0) is 29.8 Å². The quantitative estimate of drug-likeness (QED) is 0.413. The predicted octanol–water partition coefficient (Wildman–Crippen LogP) is 3.31. The van der Waals surface area contributed by atoms with Crippen molar-refractivity contribution in [2.45, 2.75) is 13.0 Å². The Morgan fingerprint density at radius 3 is 2.39 bits per heavy atom. The summed E-state index contributed by atoms with van der Waals surface area (Å²) in [5.41, 5.74) is 1.93. The van der Waals surface area contributed by atoms with Crippen molar-refractivity contribution >= 4 is 43.8 Å². The molecular weight excluding hydrogens is 398 g/mol. The van der Waals surface area contributed by atoms with Crippen LogP contribution in [0, 0.1) is 0 Å². The monoisotopic (exact) mass is 419 g/mol. The molecule has 8 heteroatoms. The number of rotatable bonds is 8. The molecule has 1 heterocycles. The minimum absolute atomic E-state index is 0.269. The number of methoxy groups -OCH3 is 2. The van der Waals surface area contributed by atoms with E-state index in [4.69, 9.17) is 9.47 Å². The molecule has 0 N–H and O–H groups in total. The van der Waals surface area contributed by atoms with E-state index in [0.29, 0.717) is 18.0 Å². The minimum Gasteiger partial charge on any atom is -0.748 e. The number of nitrogens with zero attached hydrogens (tertiary/aromatic N) is 1. The lowest BCUT2D eigenvalue weighted by molar-refractivity contribution is -0.668. The van der Waals surface area contributed by atoms with Crippen molar-refractivity contribution in [1.29, 1.82) is 0 Å². The van der Waals surface area contributed by atoms with Gasteiger partial charge in [0.05, 0.1) is 24.3 Å². The van der Waals surface area contributed by atoms with Gasteiger partial charge in [-0.15, -0.1) is 0 Å². The van der Waals surface area contributed by atoms with E-state index < -0.39 is 10.1 Å². The zero-order chi connectivity index (χ0) is 20.1. The van der Waals surface area contributed by atoms with Crippen LogP contribution < -0.4 is 14.0 Å². The number of ether oxygens (including phenoxy) is 2. The molecule has 0 radical (unpaired) electrons. The maximum absolute atomic E-state index is 10.9. The number of aromatic nitrogens is 1. The Morgan fingerprint density at radius 1 is 1.07 bits per heavy atom. The first kappa shape index (κ1) is 20.3. The van der Waals surface area contributed by atoms with Crippen LogP contribution in [0.3, 0.4) is 0 Å². The van der Waals surface area contributed by atoms with Gasteiger partial charge in [0.1, 0.15) is 16.2 Å². The van der Waals surface area contributed by atoms with E-state index in [1.807, 2.05) is 53.1 Å². The molecule has 0 aliphatic heterocycles. The van der Waals surface area contributed by atoms with Crippen molar-refractivity contribution < 1.29 is 27.0 Å². The molecule has 28 heavy (non-hydrogen) atoms. The molecule has 0 aliphatic rings. The maximum atomic E-state index is 10.9. The fourth-order valence-electron chi connectivity index (χ4n) is 2.90. The highest BCUT2D eigenvalue weighted by atomic mass is 32.2. The molecule has 0 fully saturated rings. The van der Waals surface area contributed by atoms with Crippen LogP contribution in [0.15, 0.2) is 42.5 Å². The van der Waals surface area contributed by atoms with Gasteiger partial charge < -0.3 is 14.0 Å². The highest BCUT2D eigenvalue weighted by molar-refractivity contribution is 7.85. The molecule has 1 aromatic heterocycles. The summed E-state index contributed by atoms with van der Waals surface area (Å²) < 4.78 is 46.6. The molecule has 3 aromatic rings. The van der Waals surface area contributed by atoms with Crippen LogP contribution in [0.25, 0.3) is 22.4 Å². The second-order valence-electron chi connectivity index (χ2n) is 6.15. The van der Waals surface area contributed by atoms with Crippen LogP contribution in [0.1, 0.15) is 17.0 Å². The Labute approximate surface area is 168 Å². The van der Waals surface area contributed by atoms with E-state index in [9.17, 15) is 13.0 Å². The molecule has 0 amide bonds. The summed E-state index contributed by atoms with van der Waals surface area (Å²) in [6.45, 7) is 0.451. The fourth-order valence-corrected chi connectivity index (χ4v) is 4.47. The van der Waals surface area contributed by atoms with Gasteiger partial charge in [0.15, 0.2) is 6.54 Å². The summed E-state index contributed by atoms with van der Waals surface area (Å²) in [4.78, 5) is 0. The van der Waals surface area contributed by atoms with Crippen molar-refractivity contribution in [1.82, 2.24) is 0 Å². The molecule has 6 nitrogen and oxygen atoms in total. The summed E-state index contributed by atoms with van der Waals surface area (Å²) in [5, 5.41) is 0.964. The molecule has 0 aliphatic carbocycles. The van der Waals surface area contributed by atoms with Gasteiger partial charge in [0.25, 0.3) is 5.01 Å². The zero-order valence-corrected chi connectivity index (χ0v) is 17.3. The smallest absolute Gasteiger partial charge is 0.262 e. The number of benzene rings is 2. The minimum atomic E-state index is -4.22. The molecule has 0 spiro atoms. The average Bonchev–Trinajstić information content (AvgIpc) is 3.03. The van der Waals surface area contributed by atoms with Crippen molar-refractivity contribution in [3.8, 4) is 11.5 Å². The average molecular weight is 420 g/mol. The molecular formula is C20H21NO5S2. The number of aryl methyl sites for hydroxylation is 1. The number of hydrogen-bond donors (Lipinski definition) is 0. The lowest BCUT2D eigenvalue weighted by Crippen LogP contribution is -2.35. The number of para-hydroxylation sites is 1. The van der Waals surface area contributed by atoms with Gasteiger partial charge >= 0.3 is 0 Å². The van der Waals surface area contributed by atoms with Crippen LogP contribution in [0.2, 0.25) is 0 Å². The predicted molar refractivity (Wildman–Crippen MR) is 110 cm³/mol. The third kappa shape index (κ3) is 5.09. The summed E-state index contributed by atoms with van der Waals surface area (Å²) in [6, 6.07) is 13.5. The lowest BCUT2D eigenvalue weighted by Gasteiger charge is -2.05. The summed E-state index contributed by atoms with van der Waals surface area (Å²) in [6.07, 6.45) is 4.20. The Bertz CT molecular complexity index is 1080. The number of thiazole rings is 1. The van der Waals surface area contributed by atoms with E-state index in [1.165, 1.54) is 0 Å². The topological polar surface area (TPSA) is 79.5 Å². The molecule has 3 rings (SSSR count). The molecule has 0 atom stereocenters. The summed E-state index contributed by atoms with van der Waals surface area (Å²) in [7, 11) is -1.01. The van der Waals surface area contributed by atoms with E-state index >= 15 is 0 Å². The van der Waals surface area contributed by atoms with Gasteiger partial charge in [-0.3, -0.25) is 0 Å². The van der Waals surface area contributed by atoms with E-state index in [2.05, 4.69) is 0 Å². The van der Waals surface area contributed by atoms with E-state index in [0.717, 1.165) is 20.8 Å². The normalized spacial score (nSPS) is 12.0. The molecule has 2 aromatic carbocycles. The molecule has 148 valence electrons. The van der Waals surface area contributed by atoms with Crippen LogP contribution in [0.4, 0.5) is 0 Å². The summed E-state index contributed by atoms with van der Waals surface area (Å²) >= 11 is 1.61. The standard InChI is InChI=1S/C20H21NO5S2/c1-25-16-12-15(13-17(14-16)26-2)8-9-20-21(10-5-11-28(22,23)24)18-6-3-4-7-19(18)27-20/h3-4,6-9,12-14H,5,10-11H2,1-2H3/b9-8+. The third-order valence-electron chi connectivity index (χ3n) is 4.20. The summed E-state index contributed by atoms with van der Waals surface area (Å²) in [5.74, 6) is 1.02. The first-order valence-corrected chi connectivity index (χ1v) is 11.0. The molecule has 0 saturated heterocycles. The Balaban J connectivity index is 1.94. The highest BCUT2D eigenvalue weighted by Crippen LogP contribution is 2.25. The van der Waals surface area contributed by atoms with E-state index in [1.54, 1.807) is 31.6 Å². The second kappa shape index (κ2) is 8.72. The van der Waals surface area contributed by atoms with Crippen molar-refractivity contribution in [2.75, 3.05) is 20.0 Å². The SMILES string of the molecule is COc1cc(/C=C/c2sc3ccccc3[n+]2CCCS(=O)(=O)[O-])cc(OC)c1. The Hall–Kier alpha value is -2.42. The first-order valence-electron chi connectivity index (χ1n) is 8.66. The van der Waals surface area contributed by atoms with E-state index in [-0.39, 0.29) is 12.2 Å². The van der Waals surface area contributed by atoms with Crippen molar-refractivity contribution in [3.05, 3.63) is 53.0 Å². The molecule has 0 unspecified atom stereocenters. The lowest BCUT2D eigenvalue weighted by atomic mass is 10.2. The van der Waals surface area contributed by atoms with Crippen molar-refractivity contribution in [3.63, 3.8) is 0 Å². The Kier molecular flexibility index (Phi) is 6.33. The third-order valence-corrected chi connectivity index (χ3v) is 6.12. The van der Waals surface area contributed by atoms with Gasteiger partial charge in [0, 0.05) is 30.4 Å². The number of hydrogen-bond acceptors (Lipinski definition) is 6. The van der Waals surface area contributed by atoms with Gasteiger partial charge in [0.2, 0.25) is 5.52 Å².